The molecule has 3 rings (SSSR count). The molecule has 0 radical (unpaired) electrons. The van der Waals surface area contributed by atoms with E-state index in [1.54, 1.807) is 12.3 Å². The quantitative estimate of drug-likeness (QED) is 0.142. The molecule has 0 saturated heterocycles. The minimum Gasteiger partial charge on any atom is -0.508 e. The van der Waals surface area contributed by atoms with Gasteiger partial charge in [-0.3, -0.25) is 19.2 Å². The van der Waals surface area contributed by atoms with Crippen molar-refractivity contribution in [3.63, 3.8) is 0 Å². The van der Waals surface area contributed by atoms with Gasteiger partial charge in [0.1, 0.15) is 23.9 Å². The monoisotopic (exact) mass is 539 g/mol. The normalized spacial score (nSPS) is 13.2. The molecule has 0 bridgehead atoms. The molecule has 0 aliphatic carbocycles. The van der Waals surface area contributed by atoms with E-state index in [4.69, 9.17) is 10.8 Å². The smallest absolute Gasteiger partial charge is 0.326 e. The van der Waals surface area contributed by atoms with E-state index in [1.165, 1.54) is 24.3 Å². The summed E-state index contributed by atoms with van der Waals surface area (Å²) in [7, 11) is 0. The molecule has 3 atom stereocenters. The second kappa shape index (κ2) is 13.1. The van der Waals surface area contributed by atoms with Crippen molar-refractivity contribution < 1.29 is 39.3 Å². The fourth-order valence-electron chi connectivity index (χ4n) is 3.98. The first-order valence-corrected chi connectivity index (χ1v) is 11.9. The van der Waals surface area contributed by atoms with E-state index in [-0.39, 0.29) is 18.6 Å². The molecule has 206 valence electrons. The molecule has 0 aliphatic rings. The van der Waals surface area contributed by atoms with Gasteiger partial charge < -0.3 is 42.0 Å². The number of H-pyrrole nitrogens is 1. The summed E-state index contributed by atoms with van der Waals surface area (Å²) >= 11 is 0. The van der Waals surface area contributed by atoms with Crippen LogP contribution in [-0.4, -0.2) is 74.6 Å². The van der Waals surface area contributed by atoms with Crippen molar-refractivity contribution in [1.29, 1.82) is 0 Å². The predicted molar refractivity (Wildman–Crippen MR) is 139 cm³/mol. The Morgan fingerprint density at radius 1 is 0.821 bits per heavy atom. The lowest BCUT2D eigenvalue weighted by Gasteiger charge is -2.24. The SMILES string of the molecule is NCC(=O)NC(CC(=O)O)C(=O)NC(Cc1ccc(O)cc1)C(=O)NC(Cc1c[nH]c2ccccc12)C(=O)O. The zero-order valence-electron chi connectivity index (χ0n) is 20.7. The topological polar surface area (TPSA) is 224 Å². The lowest BCUT2D eigenvalue weighted by molar-refractivity contribution is -0.143. The number of aromatic nitrogens is 1. The Kier molecular flexibility index (Phi) is 9.59. The van der Waals surface area contributed by atoms with Crippen LogP contribution in [0, 0.1) is 0 Å². The van der Waals surface area contributed by atoms with Crippen LogP contribution in [0.2, 0.25) is 0 Å². The largest absolute Gasteiger partial charge is 0.508 e. The second-order valence-corrected chi connectivity index (χ2v) is 8.82. The molecule has 0 spiro atoms. The fraction of sp³-hybridized carbons (Fsp3) is 0.269. The van der Waals surface area contributed by atoms with Crippen LogP contribution in [0.15, 0.2) is 54.7 Å². The Morgan fingerprint density at radius 3 is 2.10 bits per heavy atom. The number of phenols is 1. The first kappa shape index (κ1) is 28.7. The molecular weight excluding hydrogens is 510 g/mol. The van der Waals surface area contributed by atoms with E-state index in [0.717, 1.165) is 10.9 Å². The van der Waals surface area contributed by atoms with Crippen LogP contribution < -0.4 is 21.7 Å². The summed E-state index contributed by atoms with van der Waals surface area (Å²) in [6, 6.07) is 8.78. The fourth-order valence-corrected chi connectivity index (χ4v) is 3.98. The van der Waals surface area contributed by atoms with Crippen LogP contribution in [0.3, 0.4) is 0 Å². The maximum atomic E-state index is 13.3. The Morgan fingerprint density at radius 2 is 1.46 bits per heavy atom. The summed E-state index contributed by atoms with van der Waals surface area (Å²) in [5, 5.41) is 36.4. The van der Waals surface area contributed by atoms with Gasteiger partial charge in [0.15, 0.2) is 0 Å². The minimum absolute atomic E-state index is 0.0283. The van der Waals surface area contributed by atoms with E-state index < -0.39 is 60.8 Å². The summed E-state index contributed by atoms with van der Waals surface area (Å²) < 4.78 is 0. The number of hydrogen-bond donors (Lipinski definition) is 8. The van der Waals surface area contributed by atoms with Crippen LogP contribution in [0.1, 0.15) is 17.5 Å². The van der Waals surface area contributed by atoms with Crippen molar-refractivity contribution in [3.05, 3.63) is 65.9 Å². The maximum Gasteiger partial charge on any atom is 0.326 e. The minimum atomic E-state index is -1.53. The number of amides is 3. The van der Waals surface area contributed by atoms with E-state index in [1.807, 2.05) is 18.2 Å². The van der Waals surface area contributed by atoms with Crippen molar-refractivity contribution >= 4 is 40.6 Å². The van der Waals surface area contributed by atoms with Gasteiger partial charge in [-0.15, -0.1) is 0 Å². The number of aromatic hydroxyl groups is 1. The molecule has 3 amide bonds. The molecule has 1 heterocycles. The third-order valence-electron chi connectivity index (χ3n) is 5.94. The van der Waals surface area contributed by atoms with Crippen molar-refractivity contribution in [1.82, 2.24) is 20.9 Å². The number of benzene rings is 2. The van der Waals surface area contributed by atoms with Gasteiger partial charge in [-0.1, -0.05) is 30.3 Å². The van der Waals surface area contributed by atoms with Crippen LogP contribution in [0.4, 0.5) is 0 Å². The molecule has 2 aromatic carbocycles. The van der Waals surface area contributed by atoms with E-state index in [0.29, 0.717) is 11.1 Å². The number of nitrogens with two attached hydrogens (primary N) is 1. The Labute approximate surface area is 222 Å². The number of nitrogens with one attached hydrogen (secondary N) is 4. The molecule has 13 heteroatoms. The lowest BCUT2D eigenvalue weighted by Crippen LogP contribution is -2.57. The number of aliphatic carboxylic acids is 2. The number of hydrogen-bond acceptors (Lipinski definition) is 7. The third-order valence-corrected chi connectivity index (χ3v) is 5.94. The second-order valence-electron chi connectivity index (χ2n) is 8.82. The highest BCUT2D eigenvalue weighted by Crippen LogP contribution is 2.19. The molecule has 3 aromatic rings. The predicted octanol–water partition coefficient (Wildman–Crippen LogP) is -0.369. The Hall–Kier alpha value is -4.91. The third kappa shape index (κ3) is 8.04. The molecule has 0 aliphatic heterocycles. The van der Waals surface area contributed by atoms with E-state index in [2.05, 4.69) is 20.9 Å². The highest BCUT2D eigenvalue weighted by atomic mass is 16.4. The number of aromatic amines is 1. The maximum absolute atomic E-state index is 13.3. The summed E-state index contributed by atoms with van der Waals surface area (Å²) in [6.07, 6.45) is 0.698. The van der Waals surface area contributed by atoms with E-state index in [9.17, 15) is 34.2 Å². The van der Waals surface area contributed by atoms with Crippen LogP contribution >= 0.6 is 0 Å². The van der Waals surface area contributed by atoms with E-state index >= 15 is 0 Å². The molecule has 1 aromatic heterocycles. The zero-order chi connectivity index (χ0) is 28.5. The Balaban J connectivity index is 1.83. The van der Waals surface area contributed by atoms with Gasteiger partial charge in [-0.05, 0) is 29.3 Å². The molecule has 9 N–H and O–H groups in total. The van der Waals surface area contributed by atoms with Gasteiger partial charge in [0.05, 0.1) is 13.0 Å². The summed E-state index contributed by atoms with van der Waals surface area (Å²) in [6.45, 7) is -0.491. The standard InChI is InChI=1S/C26H29N5O8/c27-12-22(33)29-20(11-23(34)35)25(37)30-19(9-14-5-7-16(32)8-6-14)24(36)31-21(26(38)39)10-15-13-28-18-4-2-1-3-17(15)18/h1-8,13,19-21,28,32H,9-12,27H2,(H,29,33)(H,30,37)(H,31,36)(H,34,35)(H,38,39). The number of fused-ring (bicyclic) bond motifs is 1. The summed E-state index contributed by atoms with van der Waals surface area (Å²) in [5.41, 5.74) is 7.22. The van der Waals surface area contributed by atoms with Gasteiger partial charge in [-0.2, -0.15) is 0 Å². The van der Waals surface area contributed by atoms with Crippen molar-refractivity contribution in [2.45, 2.75) is 37.4 Å². The number of carbonyl (C=O) groups is 5. The number of carboxylic acid groups (broad SMARTS) is 2. The van der Waals surface area contributed by atoms with Crippen LogP contribution in [-0.2, 0) is 36.8 Å². The summed E-state index contributed by atoms with van der Waals surface area (Å²) in [5.74, 6) is -5.30. The Bertz CT molecular complexity index is 1350. The first-order chi connectivity index (χ1) is 18.6. The number of carboxylic acids is 2. The van der Waals surface area contributed by atoms with Crippen molar-refractivity contribution in [3.8, 4) is 5.75 Å². The summed E-state index contributed by atoms with van der Waals surface area (Å²) in [4.78, 5) is 64.3. The molecule has 13 nitrogen and oxygen atoms in total. The number of carbonyl (C=O) groups excluding carboxylic acids is 3. The van der Waals surface area contributed by atoms with Crippen molar-refractivity contribution in [2.75, 3.05) is 6.54 Å². The average molecular weight is 540 g/mol. The number of para-hydroxylation sites is 1. The lowest BCUT2D eigenvalue weighted by atomic mass is 10.0. The highest BCUT2D eigenvalue weighted by molar-refractivity contribution is 5.95. The molecule has 3 unspecified atom stereocenters. The van der Waals surface area contributed by atoms with Gasteiger partial charge >= 0.3 is 11.9 Å². The van der Waals surface area contributed by atoms with Crippen LogP contribution in [0.25, 0.3) is 10.9 Å². The van der Waals surface area contributed by atoms with Crippen molar-refractivity contribution in [2.24, 2.45) is 5.73 Å². The van der Waals surface area contributed by atoms with Gasteiger partial charge in [0, 0.05) is 29.9 Å². The van der Waals surface area contributed by atoms with Gasteiger partial charge in [0.25, 0.3) is 0 Å². The average Bonchev–Trinajstić information content (AvgIpc) is 3.31. The highest BCUT2D eigenvalue weighted by Gasteiger charge is 2.31. The molecule has 39 heavy (non-hydrogen) atoms. The zero-order valence-corrected chi connectivity index (χ0v) is 20.7. The van der Waals surface area contributed by atoms with Gasteiger partial charge in [0.2, 0.25) is 17.7 Å². The molecular formula is C26H29N5O8. The molecule has 0 fully saturated rings. The first-order valence-electron chi connectivity index (χ1n) is 11.9. The van der Waals surface area contributed by atoms with Gasteiger partial charge in [-0.25, -0.2) is 4.79 Å². The van der Waals surface area contributed by atoms with Crippen LogP contribution in [0.5, 0.6) is 5.75 Å². The number of rotatable bonds is 13. The molecule has 0 saturated carbocycles. The number of phenolic OH excluding ortho intramolecular Hbond substituents is 1.